The van der Waals surface area contributed by atoms with Gasteiger partial charge in [0.05, 0.1) is 12.7 Å². The first-order chi connectivity index (χ1) is 5.81. The third kappa shape index (κ3) is 7.94. The van der Waals surface area contributed by atoms with E-state index in [1.807, 2.05) is 0 Å². The average Bonchev–Trinajstić information content (AvgIpc) is 2.10. The Morgan fingerprint density at radius 1 is 1.42 bits per heavy atom. The maximum atomic E-state index is 5.45. The summed E-state index contributed by atoms with van der Waals surface area (Å²) >= 11 is 0. The van der Waals surface area contributed by atoms with Gasteiger partial charge in [0, 0.05) is 19.9 Å². The van der Waals surface area contributed by atoms with Gasteiger partial charge in [-0.25, -0.2) is 0 Å². The fraction of sp³-hybridized carbons (Fsp3) is 1.00. The Morgan fingerprint density at radius 2 is 2.17 bits per heavy atom. The molecule has 0 aromatic heterocycles. The Bertz CT molecular complexity index is 90.4. The van der Waals surface area contributed by atoms with Crippen LogP contribution in [0.3, 0.4) is 0 Å². The third-order valence-electron chi connectivity index (χ3n) is 1.65. The Labute approximate surface area is 74.8 Å². The van der Waals surface area contributed by atoms with E-state index in [1.165, 1.54) is 0 Å². The molecular formula is C8H21N3O. The van der Waals surface area contributed by atoms with Crippen molar-refractivity contribution in [2.24, 2.45) is 5.73 Å². The highest BCUT2D eigenvalue weighted by Gasteiger charge is 1.95. The summed E-state index contributed by atoms with van der Waals surface area (Å²) in [6, 6.07) is 0. The van der Waals surface area contributed by atoms with Gasteiger partial charge in [-0.1, -0.05) is 6.92 Å². The summed E-state index contributed by atoms with van der Waals surface area (Å²) in [5.41, 5.74) is 5.23. The SMILES string of the molecule is CCC(C)OCCNCNCN. The normalized spacial score (nSPS) is 13.2. The molecule has 0 saturated carbocycles. The fourth-order valence-electron chi connectivity index (χ4n) is 0.699. The third-order valence-corrected chi connectivity index (χ3v) is 1.65. The molecule has 0 amide bonds. The molecule has 0 aliphatic heterocycles. The maximum absolute atomic E-state index is 5.45. The van der Waals surface area contributed by atoms with Gasteiger partial charge in [0.25, 0.3) is 0 Å². The predicted octanol–water partition coefficient (Wildman–Crippen LogP) is -0.146. The maximum Gasteiger partial charge on any atom is 0.0594 e. The summed E-state index contributed by atoms with van der Waals surface area (Å²) < 4.78 is 5.45. The van der Waals surface area contributed by atoms with Crippen LogP contribution < -0.4 is 16.4 Å². The Balaban J connectivity index is 2.90. The second-order valence-electron chi connectivity index (χ2n) is 2.72. The van der Waals surface area contributed by atoms with Crippen LogP contribution >= 0.6 is 0 Å². The summed E-state index contributed by atoms with van der Waals surface area (Å²) in [5.74, 6) is 0. The van der Waals surface area contributed by atoms with E-state index in [9.17, 15) is 0 Å². The van der Waals surface area contributed by atoms with Crippen molar-refractivity contribution in [2.45, 2.75) is 26.4 Å². The van der Waals surface area contributed by atoms with Gasteiger partial charge in [0.1, 0.15) is 0 Å². The van der Waals surface area contributed by atoms with E-state index in [0.29, 0.717) is 12.8 Å². The van der Waals surface area contributed by atoms with Gasteiger partial charge in [-0.3, -0.25) is 5.32 Å². The molecule has 1 atom stereocenters. The van der Waals surface area contributed by atoms with Crippen molar-refractivity contribution in [1.82, 2.24) is 10.6 Å². The molecule has 0 rings (SSSR count). The lowest BCUT2D eigenvalue weighted by molar-refractivity contribution is 0.0655. The standard InChI is InChI=1S/C8H21N3O/c1-3-8(2)12-5-4-10-7-11-6-9/h8,10-11H,3-7,9H2,1-2H3. The minimum absolute atomic E-state index is 0.370. The highest BCUT2D eigenvalue weighted by Crippen LogP contribution is 1.93. The number of nitrogens with two attached hydrogens (primary N) is 1. The molecule has 0 aromatic carbocycles. The summed E-state index contributed by atoms with van der Waals surface area (Å²) in [6.45, 7) is 7.10. The van der Waals surface area contributed by atoms with E-state index in [1.54, 1.807) is 0 Å². The molecule has 74 valence electrons. The first-order valence-corrected chi connectivity index (χ1v) is 4.54. The van der Waals surface area contributed by atoms with Crippen LogP contribution in [0, 0.1) is 0 Å². The van der Waals surface area contributed by atoms with E-state index in [2.05, 4.69) is 24.5 Å². The predicted molar refractivity (Wildman–Crippen MR) is 50.8 cm³/mol. The minimum atomic E-state index is 0.370. The molecule has 0 aliphatic rings. The summed E-state index contributed by atoms with van der Waals surface area (Å²) in [4.78, 5) is 0. The van der Waals surface area contributed by atoms with E-state index < -0.39 is 0 Å². The summed E-state index contributed by atoms with van der Waals surface area (Å²) in [7, 11) is 0. The lowest BCUT2D eigenvalue weighted by Crippen LogP contribution is -2.34. The smallest absolute Gasteiger partial charge is 0.0594 e. The lowest BCUT2D eigenvalue weighted by Gasteiger charge is -2.10. The van der Waals surface area contributed by atoms with E-state index in [4.69, 9.17) is 10.5 Å². The zero-order valence-corrected chi connectivity index (χ0v) is 8.10. The molecule has 0 bridgehead atoms. The van der Waals surface area contributed by atoms with Crippen LogP contribution in [0.15, 0.2) is 0 Å². The van der Waals surface area contributed by atoms with E-state index in [0.717, 1.165) is 26.2 Å². The molecule has 0 fully saturated rings. The van der Waals surface area contributed by atoms with Crippen molar-refractivity contribution in [3.05, 3.63) is 0 Å². The van der Waals surface area contributed by atoms with Crippen LogP contribution in [-0.2, 0) is 4.74 Å². The van der Waals surface area contributed by atoms with Crippen LogP contribution in [0.25, 0.3) is 0 Å². The van der Waals surface area contributed by atoms with Crippen LogP contribution in [0.5, 0.6) is 0 Å². The van der Waals surface area contributed by atoms with Gasteiger partial charge < -0.3 is 15.8 Å². The van der Waals surface area contributed by atoms with E-state index >= 15 is 0 Å². The van der Waals surface area contributed by atoms with Crippen molar-refractivity contribution >= 4 is 0 Å². The second kappa shape index (κ2) is 8.93. The molecule has 4 heteroatoms. The Kier molecular flexibility index (Phi) is 8.81. The van der Waals surface area contributed by atoms with Crippen LogP contribution in [-0.4, -0.2) is 32.6 Å². The zero-order valence-electron chi connectivity index (χ0n) is 8.10. The van der Waals surface area contributed by atoms with Gasteiger partial charge in [0.15, 0.2) is 0 Å². The summed E-state index contributed by atoms with van der Waals surface area (Å²) in [5, 5.41) is 6.11. The van der Waals surface area contributed by atoms with Gasteiger partial charge >= 0.3 is 0 Å². The molecule has 1 unspecified atom stereocenters. The van der Waals surface area contributed by atoms with Crippen molar-refractivity contribution in [3.8, 4) is 0 Å². The topological polar surface area (TPSA) is 59.3 Å². The highest BCUT2D eigenvalue weighted by atomic mass is 16.5. The number of rotatable bonds is 8. The van der Waals surface area contributed by atoms with Crippen molar-refractivity contribution in [1.29, 1.82) is 0 Å². The molecule has 12 heavy (non-hydrogen) atoms. The molecule has 0 aromatic rings. The first kappa shape index (κ1) is 11.8. The zero-order chi connectivity index (χ0) is 9.23. The highest BCUT2D eigenvalue weighted by molar-refractivity contribution is 4.47. The molecule has 0 saturated heterocycles. The van der Waals surface area contributed by atoms with Gasteiger partial charge in [-0.15, -0.1) is 0 Å². The van der Waals surface area contributed by atoms with E-state index in [-0.39, 0.29) is 0 Å². The van der Waals surface area contributed by atoms with Gasteiger partial charge in [-0.2, -0.15) is 0 Å². The molecule has 0 spiro atoms. The number of ether oxygens (including phenoxy) is 1. The largest absolute Gasteiger partial charge is 0.377 e. The molecule has 0 aliphatic carbocycles. The molecule has 4 N–H and O–H groups in total. The van der Waals surface area contributed by atoms with Crippen LogP contribution in [0.4, 0.5) is 0 Å². The molecule has 4 nitrogen and oxygen atoms in total. The minimum Gasteiger partial charge on any atom is -0.377 e. The number of hydrogen-bond donors (Lipinski definition) is 3. The first-order valence-electron chi connectivity index (χ1n) is 4.54. The Hall–Kier alpha value is -0.160. The molecular weight excluding hydrogens is 154 g/mol. The average molecular weight is 175 g/mol. The fourth-order valence-corrected chi connectivity index (χ4v) is 0.699. The second-order valence-corrected chi connectivity index (χ2v) is 2.72. The lowest BCUT2D eigenvalue weighted by atomic mass is 10.3. The van der Waals surface area contributed by atoms with Crippen molar-refractivity contribution in [3.63, 3.8) is 0 Å². The van der Waals surface area contributed by atoms with Crippen LogP contribution in [0.2, 0.25) is 0 Å². The van der Waals surface area contributed by atoms with Gasteiger partial charge in [-0.05, 0) is 13.3 Å². The van der Waals surface area contributed by atoms with Crippen LogP contribution in [0.1, 0.15) is 20.3 Å². The van der Waals surface area contributed by atoms with Crippen molar-refractivity contribution in [2.75, 3.05) is 26.5 Å². The van der Waals surface area contributed by atoms with Crippen molar-refractivity contribution < 1.29 is 4.74 Å². The number of hydrogen-bond acceptors (Lipinski definition) is 4. The monoisotopic (exact) mass is 175 g/mol. The number of nitrogens with one attached hydrogen (secondary N) is 2. The summed E-state index contributed by atoms with van der Waals surface area (Å²) in [6.07, 6.45) is 1.44. The van der Waals surface area contributed by atoms with Gasteiger partial charge in [0.2, 0.25) is 0 Å². The Morgan fingerprint density at radius 3 is 2.75 bits per heavy atom. The quantitative estimate of drug-likeness (QED) is 0.355. The molecule has 0 heterocycles. The molecule has 0 radical (unpaired) electrons.